The van der Waals surface area contributed by atoms with Gasteiger partial charge in [0.15, 0.2) is 0 Å². The molecule has 0 aromatic carbocycles. The van der Waals surface area contributed by atoms with Gasteiger partial charge < -0.3 is 10.1 Å². The SMILES string of the molecule is CCOc1ncccc1NC(C)c1cc(C)sc1C. The number of nitrogens with zero attached hydrogens (tertiary/aromatic N) is 1. The van der Waals surface area contributed by atoms with Crippen molar-refractivity contribution in [2.45, 2.75) is 33.7 Å². The van der Waals surface area contributed by atoms with Crippen molar-refractivity contribution in [1.29, 1.82) is 0 Å². The fourth-order valence-corrected chi connectivity index (χ4v) is 3.17. The van der Waals surface area contributed by atoms with Crippen molar-refractivity contribution in [2.75, 3.05) is 11.9 Å². The Kier molecular flexibility index (Phi) is 4.43. The highest BCUT2D eigenvalue weighted by Crippen LogP contribution is 2.30. The van der Waals surface area contributed by atoms with Crippen LogP contribution in [0, 0.1) is 13.8 Å². The Morgan fingerprint density at radius 2 is 2.21 bits per heavy atom. The minimum Gasteiger partial charge on any atom is -0.476 e. The van der Waals surface area contributed by atoms with E-state index in [9.17, 15) is 0 Å². The molecule has 0 saturated heterocycles. The number of aromatic nitrogens is 1. The van der Waals surface area contributed by atoms with Gasteiger partial charge in [0.25, 0.3) is 0 Å². The first-order valence-corrected chi connectivity index (χ1v) is 7.34. The number of thiophene rings is 1. The Morgan fingerprint density at radius 3 is 2.84 bits per heavy atom. The summed E-state index contributed by atoms with van der Waals surface area (Å²) < 4.78 is 5.54. The van der Waals surface area contributed by atoms with Crippen molar-refractivity contribution in [3.05, 3.63) is 39.7 Å². The maximum Gasteiger partial charge on any atom is 0.237 e. The Morgan fingerprint density at radius 1 is 1.42 bits per heavy atom. The molecular formula is C15H20N2OS. The molecule has 2 aromatic heterocycles. The summed E-state index contributed by atoms with van der Waals surface area (Å²) in [5.41, 5.74) is 2.29. The summed E-state index contributed by atoms with van der Waals surface area (Å²) in [5, 5.41) is 3.48. The van der Waals surface area contributed by atoms with E-state index in [2.05, 4.69) is 37.1 Å². The fourth-order valence-electron chi connectivity index (χ4n) is 2.14. The first-order chi connectivity index (χ1) is 9.11. The second kappa shape index (κ2) is 6.06. The van der Waals surface area contributed by atoms with Crippen LogP contribution in [0.2, 0.25) is 0 Å². The minimum absolute atomic E-state index is 0.244. The molecule has 0 fully saturated rings. The number of hydrogen-bond donors (Lipinski definition) is 1. The van der Waals surface area contributed by atoms with E-state index in [-0.39, 0.29) is 6.04 Å². The van der Waals surface area contributed by atoms with Crippen LogP contribution in [-0.4, -0.2) is 11.6 Å². The van der Waals surface area contributed by atoms with E-state index in [4.69, 9.17) is 4.74 Å². The Hall–Kier alpha value is -1.55. The zero-order valence-electron chi connectivity index (χ0n) is 11.9. The summed E-state index contributed by atoms with van der Waals surface area (Å²) in [7, 11) is 0. The van der Waals surface area contributed by atoms with E-state index >= 15 is 0 Å². The molecule has 1 N–H and O–H groups in total. The molecule has 0 aliphatic carbocycles. The van der Waals surface area contributed by atoms with Crippen LogP contribution in [0.5, 0.6) is 5.88 Å². The van der Waals surface area contributed by atoms with E-state index in [0.717, 1.165) is 5.69 Å². The summed E-state index contributed by atoms with van der Waals surface area (Å²) in [4.78, 5) is 6.97. The lowest BCUT2D eigenvalue weighted by Gasteiger charge is -2.17. The van der Waals surface area contributed by atoms with Crippen molar-refractivity contribution >= 4 is 17.0 Å². The molecule has 0 aliphatic heterocycles. The lowest BCUT2D eigenvalue weighted by Crippen LogP contribution is -2.09. The third kappa shape index (κ3) is 3.26. The lowest BCUT2D eigenvalue weighted by atomic mass is 10.1. The molecule has 0 spiro atoms. The van der Waals surface area contributed by atoms with E-state index in [1.807, 2.05) is 30.4 Å². The van der Waals surface area contributed by atoms with Crippen molar-refractivity contribution in [2.24, 2.45) is 0 Å². The second-order valence-corrected chi connectivity index (χ2v) is 5.98. The van der Waals surface area contributed by atoms with Gasteiger partial charge in [0.05, 0.1) is 12.3 Å². The minimum atomic E-state index is 0.244. The van der Waals surface area contributed by atoms with Gasteiger partial charge >= 0.3 is 0 Å². The van der Waals surface area contributed by atoms with Gasteiger partial charge in [-0.15, -0.1) is 11.3 Å². The third-order valence-electron chi connectivity index (χ3n) is 2.97. The third-order valence-corrected chi connectivity index (χ3v) is 3.95. The highest BCUT2D eigenvalue weighted by molar-refractivity contribution is 7.12. The first-order valence-electron chi connectivity index (χ1n) is 6.53. The second-order valence-electron chi connectivity index (χ2n) is 4.52. The fraction of sp³-hybridized carbons (Fsp3) is 0.400. The summed E-state index contributed by atoms with van der Waals surface area (Å²) >= 11 is 1.84. The average Bonchev–Trinajstić information content (AvgIpc) is 2.71. The maximum atomic E-state index is 5.54. The van der Waals surface area contributed by atoms with Crippen LogP contribution in [0.4, 0.5) is 5.69 Å². The number of hydrogen-bond acceptors (Lipinski definition) is 4. The predicted molar refractivity (Wildman–Crippen MR) is 81.2 cm³/mol. The van der Waals surface area contributed by atoms with Gasteiger partial charge in [-0.2, -0.15) is 0 Å². The molecule has 2 heterocycles. The molecule has 0 aliphatic rings. The molecule has 2 rings (SSSR count). The van der Waals surface area contributed by atoms with Crippen molar-refractivity contribution in [1.82, 2.24) is 4.98 Å². The van der Waals surface area contributed by atoms with Gasteiger partial charge in [-0.25, -0.2) is 4.98 Å². The zero-order valence-corrected chi connectivity index (χ0v) is 12.7. The number of pyridine rings is 1. The molecule has 0 radical (unpaired) electrons. The molecular weight excluding hydrogens is 256 g/mol. The number of aryl methyl sites for hydroxylation is 2. The highest BCUT2D eigenvalue weighted by atomic mass is 32.1. The van der Waals surface area contributed by atoms with E-state index in [1.54, 1.807) is 6.20 Å². The summed E-state index contributed by atoms with van der Waals surface area (Å²) in [6.07, 6.45) is 1.75. The number of rotatable bonds is 5. The van der Waals surface area contributed by atoms with Crippen LogP contribution in [0.15, 0.2) is 24.4 Å². The van der Waals surface area contributed by atoms with Crippen LogP contribution in [0.3, 0.4) is 0 Å². The van der Waals surface area contributed by atoms with E-state index < -0.39 is 0 Å². The molecule has 0 amide bonds. The Bertz CT molecular complexity index is 551. The largest absolute Gasteiger partial charge is 0.476 e. The summed E-state index contributed by atoms with van der Waals surface area (Å²) in [6.45, 7) is 9.06. The van der Waals surface area contributed by atoms with Crippen LogP contribution in [0.25, 0.3) is 0 Å². The van der Waals surface area contributed by atoms with Gasteiger partial charge in [-0.1, -0.05) is 0 Å². The van der Waals surface area contributed by atoms with Crippen molar-refractivity contribution < 1.29 is 4.74 Å². The van der Waals surface area contributed by atoms with Gasteiger partial charge in [-0.05, 0) is 51.5 Å². The zero-order chi connectivity index (χ0) is 13.8. The normalized spacial score (nSPS) is 12.2. The van der Waals surface area contributed by atoms with E-state index in [1.165, 1.54) is 15.3 Å². The lowest BCUT2D eigenvalue weighted by molar-refractivity contribution is 0.328. The predicted octanol–water partition coefficient (Wildman–Crippen LogP) is 4.33. The van der Waals surface area contributed by atoms with Crippen molar-refractivity contribution in [3.63, 3.8) is 0 Å². The Balaban J connectivity index is 2.19. The van der Waals surface area contributed by atoms with Gasteiger partial charge in [0.2, 0.25) is 5.88 Å². The quantitative estimate of drug-likeness (QED) is 0.882. The topological polar surface area (TPSA) is 34.1 Å². The van der Waals surface area contributed by atoms with Crippen LogP contribution in [-0.2, 0) is 0 Å². The van der Waals surface area contributed by atoms with Gasteiger partial charge in [0.1, 0.15) is 0 Å². The molecule has 19 heavy (non-hydrogen) atoms. The van der Waals surface area contributed by atoms with E-state index in [0.29, 0.717) is 12.5 Å². The van der Waals surface area contributed by atoms with Crippen molar-refractivity contribution in [3.8, 4) is 5.88 Å². The monoisotopic (exact) mass is 276 g/mol. The number of ether oxygens (including phenoxy) is 1. The molecule has 3 nitrogen and oxygen atoms in total. The van der Waals surface area contributed by atoms with Crippen LogP contribution < -0.4 is 10.1 Å². The highest BCUT2D eigenvalue weighted by Gasteiger charge is 2.13. The van der Waals surface area contributed by atoms with Gasteiger partial charge in [0, 0.05) is 22.0 Å². The molecule has 1 unspecified atom stereocenters. The summed E-state index contributed by atoms with van der Waals surface area (Å²) in [6, 6.07) is 6.41. The standard InChI is InChI=1S/C15H20N2OS/c1-5-18-15-14(7-6-8-16-15)17-11(3)13-9-10(2)19-12(13)4/h6-9,11,17H,5H2,1-4H3. The maximum absolute atomic E-state index is 5.54. The summed E-state index contributed by atoms with van der Waals surface area (Å²) in [5.74, 6) is 0.668. The molecule has 1 atom stereocenters. The molecule has 0 bridgehead atoms. The number of anilines is 1. The van der Waals surface area contributed by atoms with Gasteiger partial charge in [-0.3, -0.25) is 0 Å². The number of nitrogens with one attached hydrogen (secondary N) is 1. The average molecular weight is 276 g/mol. The molecule has 0 saturated carbocycles. The smallest absolute Gasteiger partial charge is 0.237 e. The van der Waals surface area contributed by atoms with Crippen LogP contribution in [0.1, 0.15) is 35.2 Å². The van der Waals surface area contributed by atoms with Crippen LogP contribution >= 0.6 is 11.3 Å². The molecule has 2 aromatic rings. The Labute approximate surface area is 118 Å². The molecule has 4 heteroatoms. The first kappa shape index (κ1) is 13.9. The molecule has 102 valence electrons.